The van der Waals surface area contributed by atoms with Crippen molar-refractivity contribution in [3.05, 3.63) is 95.3 Å². The third kappa shape index (κ3) is 3.10. The topological polar surface area (TPSA) is 43.4 Å². The summed E-state index contributed by atoms with van der Waals surface area (Å²) in [5, 5.41) is 0. The van der Waals surface area contributed by atoms with Crippen LogP contribution in [0.3, 0.4) is 0 Å². The molecule has 1 aliphatic carbocycles. The molecule has 0 aliphatic heterocycles. The van der Waals surface area contributed by atoms with E-state index in [1.807, 2.05) is 66.7 Å². The maximum atomic E-state index is 12.7. The van der Waals surface area contributed by atoms with Crippen molar-refractivity contribution in [1.29, 1.82) is 0 Å². The lowest BCUT2D eigenvalue weighted by Gasteiger charge is -2.05. The fraction of sp³-hybridized carbons (Fsp3) is 0.0476. The highest BCUT2D eigenvalue weighted by Gasteiger charge is 2.32. The van der Waals surface area contributed by atoms with E-state index in [0.29, 0.717) is 5.57 Å². The molecule has 0 spiro atoms. The highest BCUT2D eigenvalue weighted by molar-refractivity contribution is 6.48. The number of allylic oxidation sites excluding steroid dienone is 4. The zero-order valence-corrected chi connectivity index (χ0v) is 13.2. The van der Waals surface area contributed by atoms with Gasteiger partial charge in [0.2, 0.25) is 5.78 Å². The first-order valence-electron chi connectivity index (χ1n) is 7.58. The Kier molecular flexibility index (Phi) is 4.52. The minimum absolute atomic E-state index is 0.0727. The summed E-state index contributed by atoms with van der Waals surface area (Å²) in [5.41, 5.74) is 2.16. The van der Waals surface area contributed by atoms with Gasteiger partial charge < -0.3 is 4.74 Å². The molecular formula is C21H16O3. The molecule has 3 rings (SSSR count). The average Bonchev–Trinajstić information content (AvgIpc) is 2.92. The van der Waals surface area contributed by atoms with E-state index >= 15 is 0 Å². The van der Waals surface area contributed by atoms with Gasteiger partial charge in [-0.25, -0.2) is 0 Å². The van der Waals surface area contributed by atoms with Gasteiger partial charge in [0.25, 0.3) is 0 Å². The molecule has 0 atom stereocenters. The Bertz CT molecular complexity index is 856. The molecule has 0 unspecified atom stereocenters. The lowest BCUT2D eigenvalue weighted by atomic mass is 10.0. The van der Waals surface area contributed by atoms with Crippen LogP contribution in [0.4, 0.5) is 0 Å². The molecular weight excluding hydrogens is 300 g/mol. The van der Waals surface area contributed by atoms with Crippen LogP contribution >= 0.6 is 0 Å². The van der Waals surface area contributed by atoms with Crippen LogP contribution in [0.2, 0.25) is 0 Å². The largest absolute Gasteiger partial charge is 0.496 e. The molecule has 0 fully saturated rings. The molecule has 3 heteroatoms. The molecule has 0 bridgehead atoms. The van der Waals surface area contributed by atoms with Gasteiger partial charge in [0.15, 0.2) is 5.78 Å². The molecule has 1 aliphatic rings. The second kappa shape index (κ2) is 6.92. The fourth-order valence-corrected chi connectivity index (χ4v) is 2.57. The summed E-state index contributed by atoms with van der Waals surface area (Å²) >= 11 is 0. The Morgan fingerprint density at radius 3 is 2.17 bits per heavy atom. The van der Waals surface area contributed by atoms with Crippen LogP contribution < -0.4 is 0 Å². The van der Waals surface area contributed by atoms with Crippen LogP contribution in [0.5, 0.6) is 0 Å². The number of benzene rings is 2. The third-order valence-corrected chi connectivity index (χ3v) is 3.77. The maximum Gasteiger partial charge on any atom is 0.201 e. The lowest BCUT2D eigenvalue weighted by molar-refractivity contribution is -0.115. The van der Waals surface area contributed by atoms with E-state index in [0.717, 1.165) is 11.1 Å². The van der Waals surface area contributed by atoms with Crippen molar-refractivity contribution in [3.63, 3.8) is 0 Å². The summed E-state index contributed by atoms with van der Waals surface area (Å²) in [6.07, 6.45) is 4.84. The highest BCUT2D eigenvalue weighted by atomic mass is 16.5. The SMILES string of the molecule is COC(/C=C/c1ccccc1)=C1\C(=O)C=C(c2ccccc2)C1=O. The summed E-state index contributed by atoms with van der Waals surface area (Å²) in [4.78, 5) is 25.0. The molecule has 0 saturated heterocycles. The maximum absolute atomic E-state index is 12.7. The van der Waals surface area contributed by atoms with E-state index in [2.05, 4.69) is 0 Å². The van der Waals surface area contributed by atoms with Gasteiger partial charge in [0.1, 0.15) is 11.3 Å². The minimum atomic E-state index is -0.326. The number of carbonyl (C=O) groups excluding carboxylic acids is 2. The van der Waals surface area contributed by atoms with Crippen LogP contribution in [0.25, 0.3) is 11.6 Å². The van der Waals surface area contributed by atoms with Gasteiger partial charge in [0.05, 0.1) is 7.11 Å². The predicted molar refractivity (Wildman–Crippen MR) is 93.9 cm³/mol. The molecule has 118 valence electrons. The number of rotatable bonds is 4. The van der Waals surface area contributed by atoms with Crippen molar-refractivity contribution < 1.29 is 14.3 Å². The van der Waals surface area contributed by atoms with Gasteiger partial charge in [-0.3, -0.25) is 9.59 Å². The first-order valence-corrected chi connectivity index (χ1v) is 7.58. The van der Waals surface area contributed by atoms with Crippen LogP contribution in [0.1, 0.15) is 11.1 Å². The smallest absolute Gasteiger partial charge is 0.201 e. The van der Waals surface area contributed by atoms with Gasteiger partial charge >= 0.3 is 0 Å². The first-order chi connectivity index (χ1) is 11.7. The van der Waals surface area contributed by atoms with E-state index in [1.165, 1.54) is 13.2 Å². The van der Waals surface area contributed by atoms with Gasteiger partial charge in [-0.05, 0) is 23.3 Å². The van der Waals surface area contributed by atoms with Crippen LogP contribution in [0.15, 0.2) is 84.1 Å². The quantitative estimate of drug-likeness (QED) is 0.489. The Hall–Kier alpha value is -3.20. The Balaban J connectivity index is 1.95. The molecule has 0 N–H and O–H groups in total. The summed E-state index contributed by atoms with van der Waals surface area (Å²) in [6, 6.07) is 18.8. The zero-order valence-electron chi connectivity index (χ0n) is 13.2. The van der Waals surface area contributed by atoms with Crippen LogP contribution in [-0.2, 0) is 14.3 Å². The number of carbonyl (C=O) groups is 2. The molecule has 0 saturated carbocycles. The number of ether oxygens (including phenoxy) is 1. The molecule has 0 radical (unpaired) electrons. The number of methoxy groups -OCH3 is 1. The second-order valence-electron chi connectivity index (χ2n) is 5.30. The van der Waals surface area contributed by atoms with E-state index in [1.54, 1.807) is 6.08 Å². The van der Waals surface area contributed by atoms with Gasteiger partial charge in [0, 0.05) is 5.57 Å². The van der Waals surface area contributed by atoms with E-state index in [4.69, 9.17) is 4.74 Å². The van der Waals surface area contributed by atoms with Crippen LogP contribution in [-0.4, -0.2) is 18.7 Å². The highest BCUT2D eigenvalue weighted by Crippen LogP contribution is 2.29. The number of ketones is 2. The molecule has 24 heavy (non-hydrogen) atoms. The van der Waals surface area contributed by atoms with Gasteiger partial charge in [-0.1, -0.05) is 66.7 Å². The Morgan fingerprint density at radius 1 is 0.917 bits per heavy atom. The summed E-state index contributed by atoms with van der Waals surface area (Å²) < 4.78 is 5.30. The van der Waals surface area contributed by atoms with E-state index in [9.17, 15) is 9.59 Å². The van der Waals surface area contributed by atoms with Crippen molar-refractivity contribution in [2.75, 3.05) is 7.11 Å². The molecule has 0 aromatic heterocycles. The molecule has 2 aromatic carbocycles. The summed E-state index contributed by atoms with van der Waals surface area (Å²) in [7, 11) is 1.46. The Labute approximate surface area is 140 Å². The van der Waals surface area contributed by atoms with E-state index < -0.39 is 0 Å². The van der Waals surface area contributed by atoms with Crippen molar-refractivity contribution >= 4 is 23.2 Å². The van der Waals surface area contributed by atoms with Crippen LogP contribution in [0, 0.1) is 0 Å². The van der Waals surface area contributed by atoms with Crippen molar-refractivity contribution in [2.45, 2.75) is 0 Å². The minimum Gasteiger partial charge on any atom is -0.496 e. The predicted octanol–water partition coefficient (Wildman–Crippen LogP) is 3.84. The zero-order chi connectivity index (χ0) is 16.9. The second-order valence-corrected chi connectivity index (χ2v) is 5.30. The first kappa shape index (κ1) is 15.7. The number of Topliss-reactive ketones (excluding diaryl/α,β-unsaturated/α-hetero) is 1. The van der Waals surface area contributed by atoms with Gasteiger partial charge in [-0.15, -0.1) is 0 Å². The van der Waals surface area contributed by atoms with E-state index in [-0.39, 0.29) is 22.9 Å². The van der Waals surface area contributed by atoms with Crippen molar-refractivity contribution in [2.24, 2.45) is 0 Å². The molecule has 2 aromatic rings. The van der Waals surface area contributed by atoms with Crippen molar-refractivity contribution in [1.82, 2.24) is 0 Å². The van der Waals surface area contributed by atoms with Gasteiger partial charge in [-0.2, -0.15) is 0 Å². The number of hydrogen-bond donors (Lipinski definition) is 0. The summed E-state index contributed by atoms with van der Waals surface area (Å²) in [5.74, 6) is -0.356. The third-order valence-electron chi connectivity index (χ3n) is 3.77. The summed E-state index contributed by atoms with van der Waals surface area (Å²) in [6.45, 7) is 0. The molecule has 3 nitrogen and oxygen atoms in total. The Morgan fingerprint density at radius 2 is 1.54 bits per heavy atom. The average molecular weight is 316 g/mol. The normalized spacial score (nSPS) is 16.5. The molecule has 0 heterocycles. The fourth-order valence-electron chi connectivity index (χ4n) is 2.57. The monoisotopic (exact) mass is 316 g/mol. The number of hydrogen-bond acceptors (Lipinski definition) is 3. The molecule has 0 amide bonds. The standard InChI is InChI=1S/C21H16O3/c1-24-19(13-12-15-8-4-2-5-9-15)20-18(22)14-17(21(20)23)16-10-6-3-7-11-16/h2-14H,1H3/b13-12+,20-19+. The van der Waals surface area contributed by atoms with Crippen molar-refractivity contribution in [3.8, 4) is 0 Å². The lowest BCUT2D eigenvalue weighted by Crippen LogP contribution is -2.08.